The molecular weight excluding hydrogens is 320 g/mol. The normalized spacial score (nSPS) is 12.1. The van der Waals surface area contributed by atoms with Crippen molar-refractivity contribution in [3.63, 3.8) is 0 Å². The second-order valence-corrected chi connectivity index (χ2v) is 5.84. The first-order valence-corrected chi connectivity index (χ1v) is 7.82. The number of furan rings is 1. The lowest BCUT2D eigenvalue weighted by molar-refractivity contribution is -0.597. The quantitative estimate of drug-likeness (QED) is 0.742. The van der Waals surface area contributed by atoms with Crippen LogP contribution in [0, 0.1) is 11.3 Å². The Hall–Kier alpha value is -3.17. The van der Waals surface area contributed by atoms with Crippen molar-refractivity contribution < 1.29 is 23.6 Å². The van der Waals surface area contributed by atoms with Crippen molar-refractivity contribution in [2.24, 2.45) is 0 Å². The third kappa shape index (κ3) is 3.23. The molecule has 3 rings (SSSR count). The third-order valence-electron chi connectivity index (χ3n) is 3.75. The fourth-order valence-corrected chi connectivity index (χ4v) is 2.61. The van der Waals surface area contributed by atoms with Gasteiger partial charge in [-0.25, -0.2) is 0 Å². The Labute approximate surface area is 144 Å². The second-order valence-electron chi connectivity index (χ2n) is 5.84. The van der Waals surface area contributed by atoms with Crippen LogP contribution in [0.2, 0.25) is 0 Å². The molecular formula is C19H17N2O4+. The van der Waals surface area contributed by atoms with Crippen LogP contribution >= 0.6 is 0 Å². The summed E-state index contributed by atoms with van der Waals surface area (Å²) >= 11 is 0. The summed E-state index contributed by atoms with van der Waals surface area (Å²) in [6.07, 6.45) is 1.05. The highest BCUT2D eigenvalue weighted by Gasteiger charge is 2.32. The van der Waals surface area contributed by atoms with Crippen molar-refractivity contribution in [2.45, 2.75) is 26.1 Å². The van der Waals surface area contributed by atoms with E-state index in [1.807, 2.05) is 6.07 Å². The minimum Gasteiger partial charge on any atom is -0.464 e. The highest BCUT2D eigenvalue weighted by Crippen LogP contribution is 2.27. The van der Waals surface area contributed by atoms with Crippen LogP contribution < -0.4 is 4.57 Å². The van der Waals surface area contributed by atoms with Gasteiger partial charge < -0.3 is 14.3 Å². The number of fused-ring (bicyclic) bond motifs is 1. The van der Waals surface area contributed by atoms with Crippen molar-refractivity contribution in [3.8, 4) is 6.07 Å². The minimum absolute atomic E-state index is 0.292. The Bertz CT molecular complexity index is 952. The zero-order valence-corrected chi connectivity index (χ0v) is 13.8. The zero-order valence-electron chi connectivity index (χ0n) is 13.8. The molecule has 1 aromatic carbocycles. The summed E-state index contributed by atoms with van der Waals surface area (Å²) in [6.45, 7) is 3.51. The molecule has 0 fully saturated rings. The molecule has 0 aliphatic carbocycles. The van der Waals surface area contributed by atoms with Gasteiger partial charge in [-0.15, -0.1) is 0 Å². The van der Waals surface area contributed by atoms with Crippen LogP contribution in [0.3, 0.4) is 0 Å². The summed E-state index contributed by atoms with van der Waals surface area (Å²) in [6, 6.07) is 11.9. The second kappa shape index (κ2) is 6.75. The number of aliphatic hydroxyl groups excluding tert-OH is 1. The number of carbonyl (C=O) groups excluding carboxylic acids is 1. The lowest BCUT2D eigenvalue weighted by Crippen LogP contribution is -2.48. The minimum atomic E-state index is -1.09. The van der Waals surface area contributed by atoms with Crippen molar-refractivity contribution in [3.05, 3.63) is 65.7 Å². The lowest BCUT2D eigenvalue weighted by Gasteiger charge is -2.11. The van der Waals surface area contributed by atoms with Gasteiger partial charge in [-0.2, -0.15) is 10.1 Å². The fourth-order valence-electron chi connectivity index (χ4n) is 2.61. The van der Waals surface area contributed by atoms with E-state index in [-0.39, 0.29) is 6.10 Å². The largest absolute Gasteiger partial charge is 0.602 e. The number of pyridine rings is 1. The maximum Gasteiger partial charge on any atom is 0.602 e. The molecule has 1 N–H and O–H groups in total. The lowest BCUT2D eigenvalue weighted by atomic mass is 10.0. The molecule has 2 aromatic heterocycles. The number of hydrogen-bond acceptors (Lipinski definition) is 5. The van der Waals surface area contributed by atoms with Crippen LogP contribution in [0.5, 0.6) is 0 Å². The van der Waals surface area contributed by atoms with Crippen LogP contribution in [0.1, 0.15) is 36.8 Å². The summed E-state index contributed by atoms with van der Waals surface area (Å²) in [5.41, 5.74) is 1.95. The Morgan fingerprint density at radius 1 is 1.24 bits per heavy atom. The molecule has 126 valence electrons. The SMILES string of the molecule is CC(C)OC(=O)[n+]1ccc2occc2c1C(O)c1ccc(C#N)cc1. The van der Waals surface area contributed by atoms with Crippen LogP contribution in [0.25, 0.3) is 11.0 Å². The standard InChI is InChI=1S/C19H17N2O4/c1-12(2)25-19(23)21-9-7-16-15(8-10-24-16)17(21)18(22)14-5-3-13(11-20)4-6-14/h3-10,12,18,22H,1-2H3/q+1. The summed E-state index contributed by atoms with van der Waals surface area (Å²) in [4.78, 5) is 12.4. The van der Waals surface area contributed by atoms with E-state index in [1.165, 1.54) is 17.0 Å². The molecule has 1 atom stereocenters. The van der Waals surface area contributed by atoms with Crippen molar-refractivity contribution in [1.82, 2.24) is 0 Å². The summed E-state index contributed by atoms with van der Waals surface area (Å²) in [7, 11) is 0. The molecule has 0 aliphatic heterocycles. The molecule has 6 nitrogen and oxygen atoms in total. The summed E-state index contributed by atoms with van der Waals surface area (Å²) in [5.74, 6) is 0. The van der Waals surface area contributed by atoms with Gasteiger partial charge in [0.25, 0.3) is 0 Å². The first-order valence-electron chi connectivity index (χ1n) is 7.82. The van der Waals surface area contributed by atoms with E-state index < -0.39 is 12.2 Å². The van der Waals surface area contributed by atoms with Crippen molar-refractivity contribution >= 4 is 17.1 Å². The van der Waals surface area contributed by atoms with Crippen LogP contribution in [-0.4, -0.2) is 17.3 Å². The van der Waals surface area contributed by atoms with Crippen molar-refractivity contribution in [2.75, 3.05) is 0 Å². The van der Waals surface area contributed by atoms with E-state index in [2.05, 4.69) is 0 Å². The molecule has 6 heteroatoms. The maximum absolute atomic E-state index is 12.4. The molecule has 0 saturated carbocycles. The van der Waals surface area contributed by atoms with Gasteiger partial charge in [0.2, 0.25) is 5.69 Å². The molecule has 3 aromatic rings. The predicted molar refractivity (Wildman–Crippen MR) is 88.6 cm³/mol. The van der Waals surface area contributed by atoms with Gasteiger partial charge in [0, 0.05) is 6.07 Å². The maximum atomic E-state index is 12.4. The zero-order chi connectivity index (χ0) is 18.0. The van der Waals surface area contributed by atoms with Gasteiger partial charge in [0.05, 0.1) is 23.3 Å². The van der Waals surface area contributed by atoms with Gasteiger partial charge in [0.1, 0.15) is 11.7 Å². The van der Waals surface area contributed by atoms with Gasteiger partial charge in [-0.05, 0) is 37.6 Å². The Morgan fingerprint density at radius 3 is 2.60 bits per heavy atom. The molecule has 0 radical (unpaired) electrons. The number of aromatic nitrogens is 1. The molecule has 1 unspecified atom stereocenters. The molecule has 2 heterocycles. The average Bonchev–Trinajstić information content (AvgIpc) is 3.08. The monoisotopic (exact) mass is 337 g/mol. The Kier molecular flexibility index (Phi) is 4.50. The van der Waals surface area contributed by atoms with E-state index in [4.69, 9.17) is 14.4 Å². The summed E-state index contributed by atoms with van der Waals surface area (Å²) in [5, 5.41) is 20.4. The molecule has 0 spiro atoms. The number of benzene rings is 1. The number of nitriles is 1. The van der Waals surface area contributed by atoms with E-state index >= 15 is 0 Å². The van der Waals surface area contributed by atoms with Crippen molar-refractivity contribution in [1.29, 1.82) is 5.26 Å². The molecule has 0 aliphatic rings. The van der Waals surface area contributed by atoms with Gasteiger partial charge in [0.15, 0.2) is 12.3 Å². The van der Waals surface area contributed by atoms with Gasteiger partial charge >= 0.3 is 6.09 Å². The van der Waals surface area contributed by atoms with E-state index in [9.17, 15) is 9.90 Å². The molecule has 0 bridgehead atoms. The van der Waals surface area contributed by atoms with E-state index in [0.29, 0.717) is 27.8 Å². The highest BCUT2D eigenvalue weighted by molar-refractivity contribution is 5.80. The Balaban J connectivity index is 2.12. The number of aliphatic hydroxyl groups is 1. The fraction of sp³-hybridized carbons (Fsp3) is 0.211. The number of carbonyl (C=O) groups is 1. The topological polar surface area (TPSA) is 87.3 Å². The number of rotatable bonds is 3. The van der Waals surface area contributed by atoms with E-state index in [1.54, 1.807) is 50.2 Å². The van der Waals surface area contributed by atoms with Crippen LogP contribution in [0.15, 0.2) is 53.3 Å². The predicted octanol–water partition coefficient (Wildman–Crippen LogP) is 3.07. The smallest absolute Gasteiger partial charge is 0.464 e. The Morgan fingerprint density at radius 2 is 1.96 bits per heavy atom. The molecule has 0 amide bonds. The number of hydrogen-bond donors (Lipinski definition) is 1. The van der Waals surface area contributed by atoms with Crippen LogP contribution in [-0.2, 0) is 4.74 Å². The average molecular weight is 337 g/mol. The van der Waals surface area contributed by atoms with Gasteiger partial charge in [-0.1, -0.05) is 16.7 Å². The van der Waals surface area contributed by atoms with E-state index in [0.717, 1.165) is 0 Å². The molecule has 0 saturated heterocycles. The third-order valence-corrected chi connectivity index (χ3v) is 3.75. The van der Waals surface area contributed by atoms with Crippen LogP contribution in [0.4, 0.5) is 4.79 Å². The molecule has 25 heavy (non-hydrogen) atoms. The number of nitrogens with zero attached hydrogens (tertiary/aromatic N) is 2. The first kappa shape index (κ1) is 16.7. The number of ether oxygens (including phenoxy) is 1. The summed E-state index contributed by atoms with van der Waals surface area (Å²) < 4.78 is 11.9. The highest BCUT2D eigenvalue weighted by atomic mass is 16.6. The first-order chi connectivity index (χ1) is 12.0. The van der Waals surface area contributed by atoms with Gasteiger partial charge in [-0.3, -0.25) is 0 Å².